The predicted molar refractivity (Wildman–Crippen MR) is 126 cm³/mol. The molecule has 4 heterocycles. The van der Waals surface area contributed by atoms with Crippen molar-refractivity contribution in [2.45, 2.75) is 59.0 Å². The smallest absolute Gasteiger partial charge is 0.265 e. The maximum atomic E-state index is 13.7. The quantitative estimate of drug-likeness (QED) is 0.316. The number of aromatic nitrogens is 5. The van der Waals surface area contributed by atoms with E-state index in [1.165, 1.54) is 19.3 Å². The fourth-order valence-corrected chi connectivity index (χ4v) is 4.34. The van der Waals surface area contributed by atoms with Crippen molar-refractivity contribution in [2.24, 2.45) is 0 Å². The Bertz CT molecular complexity index is 1450. The Labute approximate surface area is 185 Å². The molecule has 32 heavy (non-hydrogen) atoms. The highest BCUT2D eigenvalue weighted by Crippen LogP contribution is 2.26. The first-order chi connectivity index (χ1) is 15.7. The van der Waals surface area contributed by atoms with Crippen molar-refractivity contribution >= 4 is 33.2 Å². The van der Waals surface area contributed by atoms with Gasteiger partial charge in [0.05, 0.1) is 23.8 Å². The lowest BCUT2D eigenvalue weighted by Crippen LogP contribution is -2.24. The van der Waals surface area contributed by atoms with Gasteiger partial charge in [-0.1, -0.05) is 44.7 Å². The molecule has 0 fully saturated rings. The van der Waals surface area contributed by atoms with Crippen LogP contribution in [-0.2, 0) is 13.1 Å². The van der Waals surface area contributed by atoms with Gasteiger partial charge in [0, 0.05) is 6.54 Å². The van der Waals surface area contributed by atoms with Crippen LogP contribution < -0.4 is 5.56 Å². The summed E-state index contributed by atoms with van der Waals surface area (Å²) in [6.45, 7) is 5.21. The van der Waals surface area contributed by atoms with Gasteiger partial charge in [-0.15, -0.1) is 0 Å². The molecule has 5 aromatic rings. The summed E-state index contributed by atoms with van der Waals surface area (Å²) in [7, 11) is 0. The molecule has 1 aromatic carbocycles. The highest BCUT2D eigenvalue weighted by atomic mass is 16.3. The number of aryl methyl sites for hydroxylation is 1. The first kappa shape index (κ1) is 20.4. The number of hydrogen-bond donors (Lipinski definition) is 0. The van der Waals surface area contributed by atoms with Crippen LogP contribution in [0.25, 0.3) is 33.2 Å². The average molecular weight is 430 g/mol. The van der Waals surface area contributed by atoms with E-state index in [-0.39, 0.29) is 5.56 Å². The number of furan rings is 1. The second-order valence-corrected chi connectivity index (χ2v) is 8.28. The van der Waals surface area contributed by atoms with Gasteiger partial charge in [0.2, 0.25) is 0 Å². The van der Waals surface area contributed by atoms with Gasteiger partial charge in [0.15, 0.2) is 11.3 Å². The fraction of sp³-hybridized carbons (Fsp3) is 0.360. The Morgan fingerprint density at radius 1 is 0.875 bits per heavy atom. The predicted octanol–water partition coefficient (Wildman–Crippen LogP) is 5.21. The summed E-state index contributed by atoms with van der Waals surface area (Å²) in [5.41, 5.74) is 3.37. The van der Waals surface area contributed by atoms with Gasteiger partial charge < -0.3 is 8.98 Å². The van der Waals surface area contributed by atoms with E-state index in [0.29, 0.717) is 41.1 Å². The monoisotopic (exact) mass is 429 g/mol. The van der Waals surface area contributed by atoms with E-state index >= 15 is 0 Å². The third-order valence-electron chi connectivity index (χ3n) is 6.02. The zero-order valence-electron chi connectivity index (χ0n) is 18.5. The zero-order chi connectivity index (χ0) is 22.1. The first-order valence-corrected chi connectivity index (χ1v) is 11.4. The highest BCUT2D eigenvalue weighted by molar-refractivity contribution is 6.04. The SMILES string of the molecule is CCCCCCCn1c(C)nc2c(c1=O)c1nc3ccccc3nc1n2Cc1ccco1. The molecule has 0 saturated heterocycles. The van der Waals surface area contributed by atoms with E-state index in [9.17, 15) is 4.79 Å². The molecule has 5 rings (SSSR count). The lowest BCUT2D eigenvalue weighted by Gasteiger charge is -2.10. The molecule has 0 aliphatic rings. The average Bonchev–Trinajstić information content (AvgIpc) is 3.41. The number of rotatable bonds is 8. The summed E-state index contributed by atoms with van der Waals surface area (Å²) < 4.78 is 9.32. The van der Waals surface area contributed by atoms with E-state index in [1.54, 1.807) is 10.8 Å². The number of para-hydroxylation sites is 2. The van der Waals surface area contributed by atoms with Crippen LogP contribution in [0.3, 0.4) is 0 Å². The molecule has 0 atom stereocenters. The molecular weight excluding hydrogens is 402 g/mol. The molecule has 0 aliphatic carbocycles. The van der Waals surface area contributed by atoms with Crippen molar-refractivity contribution in [3.8, 4) is 0 Å². The Kier molecular flexibility index (Phi) is 5.47. The van der Waals surface area contributed by atoms with Gasteiger partial charge in [-0.3, -0.25) is 9.36 Å². The molecule has 4 aromatic heterocycles. The summed E-state index contributed by atoms with van der Waals surface area (Å²) in [6.07, 6.45) is 7.35. The molecular formula is C25H27N5O2. The van der Waals surface area contributed by atoms with Crippen LogP contribution in [0.15, 0.2) is 51.9 Å². The fourth-order valence-electron chi connectivity index (χ4n) is 4.34. The molecule has 0 bridgehead atoms. The topological polar surface area (TPSA) is 78.7 Å². The molecule has 164 valence electrons. The van der Waals surface area contributed by atoms with Crippen LogP contribution in [0.1, 0.15) is 50.6 Å². The molecule has 0 spiro atoms. The van der Waals surface area contributed by atoms with E-state index in [4.69, 9.17) is 19.4 Å². The van der Waals surface area contributed by atoms with Gasteiger partial charge in [0.25, 0.3) is 5.56 Å². The Morgan fingerprint density at radius 2 is 1.66 bits per heavy atom. The van der Waals surface area contributed by atoms with E-state index in [0.717, 1.165) is 29.6 Å². The number of fused-ring (bicyclic) bond motifs is 4. The van der Waals surface area contributed by atoms with Gasteiger partial charge in [-0.25, -0.2) is 15.0 Å². The van der Waals surface area contributed by atoms with Crippen LogP contribution in [-0.4, -0.2) is 24.1 Å². The molecule has 0 unspecified atom stereocenters. The Morgan fingerprint density at radius 3 is 2.41 bits per heavy atom. The van der Waals surface area contributed by atoms with Crippen LogP contribution >= 0.6 is 0 Å². The summed E-state index contributed by atoms with van der Waals surface area (Å²) in [4.78, 5) is 28.2. The van der Waals surface area contributed by atoms with Crippen molar-refractivity contribution in [2.75, 3.05) is 0 Å². The minimum Gasteiger partial charge on any atom is -0.467 e. The van der Waals surface area contributed by atoms with Crippen molar-refractivity contribution in [3.63, 3.8) is 0 Å². The number of unbranched alkanes of at least 4 members (excludes halogenated alkanes) is 4. The van der Waals surface area contributed by atoms with Gasteiger partial charge in [-0.05, 0) is 37.6 Å². The zero-order valence-corrected chi connectivity index (χ0v) is 18.5. The summed E-state index contributed by atoms with van der Waals surface area (Å²) >= 11 is 0. The van der Waals surface area contributed by atoms with Crippen molar-refractivity contribution < 1.29 is 4.42 Å². The third-order valence-corrected chi connectivity index (χ3v) is 6.02. The second-order valence-electron chi connectivity index (χ2n) is 8.28. The minimum atomic E-state index is -0.0456. The maximum absolute atomic E-state index is 13.7. The Balaban J connectivity index is 1.70. The van der Waals surface area contributed by atoms with Crippen molar-refractivity contribution in [1.82, 2.24) is 24.1 Å². The van der Waals surface area contributed by atoms with E-state index in [2.05, 4.69) is 6.92 Å². The van der Waals surface area contributed by atoms with Crippen molar-refractivity contribution in [1.29, 1.82) is 0 Å². The molecule has 0 amide bonds. The first-order valence-electron chi connectivity index (χ1n) is 11.4. The summed E-state index contributed by atoms with van der Waals surface area (Å²) in [6, 6.07) is 11.5. The lowest BCUT2D eigenvalue weighted by atomic mass is 10.1. The van der Waals surface area contributed by atoms with Crippen LogP contribution in [0.2, 0.25) is 0 Å². The summed E-state index contributed by atoms with van der Waals surface area (Å²) in [5, 5.41) is 0.531. The van der Waals surface area contributed by atoms with Crippen LogP contribution in [0.4, 0.5) is 0 Å². The molecule has 0 aliphatic heterocycles. The largest absolute Gasteiger partial charge is 0.467 e. The maximum Gasteiger partial charge on any atom is 0.265 e. The second kappa shape index (κ2) is 8.57. The Hall–Kier alpha value is -3.48. The van der Waals surface area contributed by atoms with Crippen LogP contribution in [0.5, 0.6) is 0 Å². The molecule has 0 radical (unpaired) electrons. The number of benzene rings is 1. The van der Waals surface area contributed by atoms with Crippen molar-refractivity contribution in [3.05, 3.63) is 64.6 Å². The van der Waals surface area contributed by atoms with E-state index in [1.807, 2.05) is 47.9 Å². The molecule has 7 heteroatoms. The molecule has 0 saturated carbocycles. The minimum absolute atomic E-state index is 0.0456. The molecule has 0 N–H and O–H groups in total. The highest BCUT2D eigenvalue weighted by Gasteiger charge is 2.21. The van der Waals surface area contributed by atoms with Gasteiger partial charge in [0.1, 0.15) is 22.5 Å². The standard InChI is InChI=1S/C25H27N5O2/c1-3-4-5-6-9-14-29-17(2)26-23-21(25(29)31)22-24(30(23)16-18-11-10-15-32-18)28-20-13-8-7-12-19(20)27-22/h7-8,10-13,15H,3-6,9,14,16H2,1-2H3. The van der Waals surface area contributed by atoms with Crippen LogP contribution in [0, 0.1) is 6.92 Å². The normalized spacial score (nSPS) is 11.8. The van der Waals surface area contributed by atoms with Gasteiger partial charge >= 0.3 is 0 Å². The third kappa shape index (κ3) is 3.57. The van der Waals surface area contributed by atoms with Gasteiger partial charge in [-0.2, -0.15) is 0 Å². The molecule has 7 nitrogen and oxygen atoms in total. The van der Waals surface area contributed by atoms with E-state index < -0.39 is 0 Å². The number of hydrogen-bond acceptors (Lipinski definition) is 5. The lowest BCUT2D eigenvalue weighted by molar-refractivity contribution is 0.498. The summed E-state index contributed by atoms with van der Waals surface area (Å²) in [5.74, 6) is 1.49. The number of nitrogens with zero attached hydrogens (tertiary/aromatic N) is 5.